The minimum absolute atomic E-state index is 0.0332. The fraction of sp³-hybridized carbons (Fsp3) is 0.118. The maximum absolute atomic E-state index is 12.6. The van der Waals surface area contributed by atoms with Crippen molar-refractivity contribution in [1.29, 1.82) is 0 Å². The third kappa shape index (κ3) is 4.03. The van der Waals surface area contributed by atoms with E-state index in [0.29, 0.717) is 5.56 Å². The molecule has 8 heteroatoms. The molecule has 2 aromatic heterocycles. The number of alkyl halides is 3. The molecular weight excluding hydrogens is 335 g/mol. The summed E-state index contributed by atoms with van der Waals surface area (Å²) in [5.41, 5.74) is -0.172. The van der Waals surface area contributed by atoms with Crippen LogP contribution in [0.3, 0.4) is 0 Å². The summed E-state index contributed by atoms with van der Waals surface area (Å²) in [6, 6.07) is 12.5. The lowest BCUT2D eigenvalue weighted by atomic mass is 10.2. The fourth-order valence-electron chi connectivity index (χ4n) is 2.09. The lowest BCUT2D eigenvalue weighted by molar-refractivity contribution is -0.141. The Labute approximate surface area is 140 Å². The highest BCUT2D eigenvalue weighted by atomic mass is 19.4. The van der Waals surface area contributed by atoms with E-state index in [-0.39, 0.29) is 23.8 Å². The minimum Gasteiger partial charge on any atom is -0.444 e. The number of halogens is 3. The quantitative estimate of drug-likeness (QED) is 0.782. The molecule has 0 aliphatic carbocycles. The molecule has 0 bridgehead atoms. The Morgan fingerprint density at radius 3 is 2.52 bits per heavy atom. The number of nitrogens with one attached hydrogen (secondary N) is 1. The second-order valence-electron chi connectivity index (χ2n) is 5.10. The number of amides is 1. The first-order valence-corrected chi connectivity index (χ1v) is 7.26. The highest BCUT2D eigenvalue weighted by Crippen LogP contribution is 2.27. The number of rotatable bonds is 4. The zero-order valence-electron chi connectivity index (χ0n) is 12.7. The molecule has 0 fully saturated rings. The highest BCUT2D eigenvalue weighted by Gasteiger charge is 2.32. The maximum Gasteiger partial charge on any atom is 0.433 e. The van der Waals surface area contributed by atoms with Crippen molar-refractivity contribution in [2.45, 2.75) is 12.7 Å². The Bertz CT molecular complexity index is 876. The number of pyridine rings is 1. The van der Waals surface area contributed by atoms with Crippen molar-refractivity contribution in [3.05, 3.63) is 71.9 Å². The van der Waals surface area contributed by atoms with Gasteiger partial charge in [-0.1, -0.05) is 24.3 Å². The van der Waals surface area contributed by atoms with Crippen molar-refractivity contribution >= 4 is 5.91 Å². The normalized spacial score (nSPS) is 11.3. The summed E-state index contributed by atoms with van der Waals surface area (Å²) < 4.78 is 43.1. The van der Waals surface area contributed by atoms with E-state index >= 15 is 0 Å². The van der Waals surface area contributed by atoms with Crippen LogP contribution in [0.2, 0.25) is 0 Å². The predicted octanol–water partition coefficient (Wildman–Crippen LogP) is 3.69. The van der Waals surface area contributed by atoms with Crippen molar-refractivity contribution in [3.63, 3.8) is 0 Å². The first kappa shape index (κ1) is 16.7. The van der Waals surface area contributed by atoms with E-state index in [2.05, 4.69) is 15.3 Å². The fourth-order valence-corrected chi connectivity index (χ4v) is 2.09. The smallest absolute Gasteiger partial charge is 0.433 e. The average Bonchev–Trinajstić information content (AvgIpc) is 3.10. The molecule has 2 heterocycles. The molecule has 5 nitrogen and oxygen atoms in total. The summed E-state index contributed by atoms with van der Waals surface area (Å²) in [6.07, 6.45) is -3.34. The van der Waals surface area contributed by atoms with Crippen molar-refractivity contribution < 1.29 is 22.4 Å². The number of carbonyl (C=O) groups excluding carboxylic acids is 1. The minimum atomic E-state index is -4.53. The van der Waals surface area contributed by atoms with Crippen LogP contribution in [-0.2, 0) is 12.7 Å². The molecule has 0 unspecified atom stereocenters. The van der Waals surface area contributed by atoms with E-state index in [1.165, 1.54) is 18.4 Å². The van der Waals surface area contributed by atoms with Gasteiger partial charge in [-0.15, -0.1) is 0 Å². The summed E-state index contributed by atoms with van der Waals surface area (Å²) in [4.78, 5) is 19.6. The number of oxazole rings is 1. The second-order valence-corrected chi connectivity index (χ2v) is 5.10. The molecule has 0 spiro atoms. The molecule has 1 aromatic carbocycles. The Kier molecular flexibility index (Phi) is 4.51. The molecule has 0 radical (unpaired) electrons. The number of hydrogen-bond acceptors (Lipinski definition) is 4. The number of nitrogens with zero attached hydrogens (tertiary/aromatic N) is 2. The maximum atomic E-state index is 12.6. The Balaban J connectivity index is 1.67. The van der Waals surface area contributed by atoms with Crippen molar-refractivity contribution in [3.8, 4) is 11.5 Å². The van der Waals surface area contributed by atoms with Gasteiger partial charge in [0.25, 0.3) is 5.91 Å². The van der Waals surface area contributed by atoms with Crippen LogP contribution in [0.1, 0.15) is 21.9 Å². The van der Waals surface area contributed by atoms with Gasteiger partial charge < -0.3 is 9.73 Å². The van der Waals surface area contributed by atoms with Gasteiger partial charge in [0.2, 0.25) is 5.89 Å². The summed E-state index contributed by atoms with van der Waals surface area (Å²) >= 11 is 0. The Morgan fingerprint density at radius 2 is 1.80 bits per heavy atom. The first-order valence-electron chi connectivity index (χ1n) is 7.26. The summed E-state index contributed by atoms with van der Waals surface area (Å²) in [6.45, 7) is -0.156. The van der Waals surface area contributed by atoms with Gasteiger partial charge in [0, 0.05) is 5.56 Å². The topological polar surface area (TPSA) is 68.0 Å². The van der Waals surface area contributed by atoms with Gasteiger partial charge in [-0.2, -0.15) is 13.2 Å². The molecule has 0 atom stereocenters. The van der Waals surface area contributed by atoms with Crippen LogP contribution in [0, 0.1) is 0 Å². The van der Waals surface area contributed by atoms with E-state index in [9.17, 15) is 18.0 Å². The molecule has 25 heavy (non-hydrogen) atoms. The standard InChI is InChI=1S/C17H12F3N3O2/c18-17(19,20)14-8-4-7-12(22-14)9-21-15(24)13-10-25-16(23-13)11-5-2-1-3-6-11/h1-8,10H,9H2,(H,21,24). The van der Waals surface area contributed by atoms with Gasteiger partial charge in [0.05, 0.1) is 12.2 Å². The zero-order chi connectivity index (χ0) is 17.9. The van der Waals surface area contributed by atoms with E-state index in [4.69, 9.17) is 4.42 Å². The van der Waals surface area contributed by atoms with Gasteiger partial charge in [0.1, 0.15) is 12.0 Å². The first-order chi connectivity index (χ1) is 11.9. The molecule has 0 saturated heterocycles. The monoisotopic (exact) mass is 347 g/mol. The second kappa shape index (κ2) is 6.76. The van der Waals surface area contributed by atoms with Gasteiger partial charge in [0.15, 0.2) is 5.69 Å². The molecule has 0 aliphatic heterocycles. The molecule has 128 valence electrons. The van der Waals surface area contributed by atoms with Crippen molar-refractivity contribution in [2.24, 2.45) is 0 Å². The van der Waals surface area contributed by atoms with E-state index in [0.717, 1.165) is 6.07 Å². The molecule has 0 saturated carbocycles. The summed E-state index contributed by atoms with van der Waals surface area (Å²) in [7, 11) is 0. The van der Waals surface area contributed by atoms with Gasteiger partial charge in [-0.25, -0.2) is 9.97 Å². The van der Waals surface area contributed by atoms with Crippen LogP contribution in [0.15, 0.2) is 59.2 Å². The SMILES string of the molecule is O=C(NCc1cccc(C(F)(F)F)n1)c1coc(-c2ccccc2)n1. The number of hydrogen-bond donors (Lipinski definition) is 1. The zero-order valence-corrected chi connectivity index (χ0v) is 12.7. The molecule has 0 aliphatic rings. The summed E-state index contributed by atoms with van der Waals surface area (Å²) in [5.74, 6) is -0.284. The van der Waals surface area contributed by atoms with E-state index in [1.54, 1.807) is 24.3 Å². The van der Waals surface area contributed by atoms with E-state index < -0.39 is 17.8 Å². The van der Waals surface area contributed by atoms with Gasteiger partial charge >= 0.3 is 6.18 Å². The van der Waals surface area contributed by atoms with Crippen LogP contribution < -0.4 is 5.32 Å². The lowest BCUT2D eigenvalue weighted by Gasteiger charge is -2.08. The third-order valence-electron chi connectivity index (χ3n) is 3.28. The molecule has 3 aromatic rings. The van der Waals surface area contributed by atoms with Crippen LogP contribution in [0.4, 0.5) is 13.2 Å². The van der Waals surface area contributed by atoms with Crippen LogP contribution in [0.5, 0.6) is 0 Å². The number of benzene rings is 1. The molecule has 1 amide bonds. The average molecular weight is 347 g/mol. The van der Waals surface area contributed by atoms with Crippen LogP contribution in [-0.4, -0.2) is 15.9 Å². The lowest BCUT2D eigenvalue weighted by Crippen LogP contribution is -2.24. The number of carbonyl (C=O) groups is 1. The van der Waals surface area contributed by atoms with Crippen LogP contribution >= 0.6 is 0 Å². The van der Waals surface area contributed by atoms with E-state index in [1.807, 2.05) is 6.07 Å². The van der Waals surface area contributed by atoms with Crippen LogP contribution in [0.25, 0.3) is 11.5 Å². The van der Waals surface area contributed by atoms with Gasteiger partial charge in [-0.3, -0.25) is 4.79 Å². The molecular formula is C17H12F3N3O2. The largest absolute Gasteiger partial charge is 0.444 e. The van der Waals surface area contributed by atoms with Gasteiger partial charge in [-0.05, 0) is 24.3 Å². The van der Waals surface area contributed by atoms with Crippen molar-refractivity contribution in [2.75, 3.05) is 0 Å². The summed E-state index contributed by atoms with van der Waals surface area (Å²) in [5, 5.41) is 2.47. The Hall–Kier alpha value is -3.16. The predicted molar refractivity (Wildman–Crippen MR) is 82.3 cm³/mol. The molecule has 1 N–H and O–H groups in total. The third-order valence-corrected chi connectivity index (χ3v) is 3.28. The van der Waals surface area contributed by atoms with Crippen molar-refractivity contribution in [1.82, 2.24) is 15.3 Å². The highest BCUT2D eigenvalue weighted by molar-refractivity contribution is 5.92. The molecule has 3 rings (SSSR count). The Morgan fingerprint density at radius 1 is 1.04 bits per heavy atom. The number of aromatic nitrogens is 2.